The molecule has 0 bridgehead atoms. The number of hydrogen-bond donors (Lipinski definition) is 0. The number of hydrogen-bond acceptors (Lipinski definition) is 5. The summed E-state index contributed by atoms with van der Waals surface area (Å²) in [7, 11) is 1.91. The Morgan fingerprint density at radius 1 is 1.21 bits per heavy atom. The number of aryl methyl sites for hydroxylation is 1. The largest absolute Gasteiger partial charge is 0.469 e. The van der Waals surface area contributed by atoms with Crippen LogP contribution < -0.4 is 0 Å². The van der Waals surface area contributed by atoms with Crippen LogP contribution in [0.15, 0.2) is 52.2 Å². The zero-order valence-electron chi connectivity index (χ0n) is 17.8. The van der Waals surface area contributed by atoms with E-state index in [4.69, 9.17) is 4.42 Å². The lowest BCUT2D eigenvalue weighted by atomic mass is 10.0. The molecule has 0 saturated heterocycles. The molecule has 1 atom stereocenters. The van der Waals surface area contributed by atoms with Gasteiger partial charge in [0, 0.05) is 19.1 Å². The third kappa shape index (κ3) is 4.72. The number of nitrogens with zero attached hydrogens (tertiary/aromatic N) is 4. The van der Waals surface area contributed by atoms with Gasteiger partial charge in [0.25, 0.3) is 0 Å². The van der Waals surface area contributed by atoms with Crippen LogP contribution in [-0.4, -0.2) is 36.4 Å². The van der Waals surface area contributed by atoms with Crippen molar-refractivity contribution in [3.63, 3.8) is 0 Å². The minimum atomic E-state index is -0.292. The second-order valence-corrected chi connectivity index (χ2v) is 9.40. The fourth-order valence-electron chi connectivity index (χ4n) is 3.11. The maximum atomic E-state index is 13.3. The van der Waals surface area contributed by atoms with Crippen LogP contribution in [0.1, 0.15) is 39.0 Å². The van der Waals surface area contributed by atoms with Crippen LogP contribution in [0.4, 0.5) is 0 Å². The zero-order chi connectivity index (χ0) is 21.2. The van der Waals surface area contributed by atoms with Gasteiger partial charge in [0.1, 0.15) is 5.76 Å². The summed E-state index contributed by atoms with van der Waals surface area (Å²) in [6.07, 6.45) is 1.64. The number of carbonyl (C=O) groups excluding carboxylic acids is 1. The van der Waals surface area contributed by atoms with E-state index in [2.05, 4.69) is 31.0 Å². The lowest BCUT2D eigenvalue weighted by molar-refractivity contribution is -0.135. The Bertz CT molecular complexity index is 972. The monoisotopic (exact) mass is 412 g/mol. The number of thioether (sulfide) groups is 1. The summed E-state index contributed by atoms with van der Waals surface area (Å²) in [4.78, 5) is 15.3. The number of furan rings is 1. The summed E-state index contributed by atoms with van der Waals surface area (Å²) in [6, 6.07) is 12.0. The first kappa shape index (κ1) is 21.2. The van der Waals surface area contributed by atoms with Crippen molar-refractivity contribution in [3.8, 4) is 11.4 Å². The highest BCUT2D eigenvalue weighted by molar-refractivity contribution is 8.00. The van der Waals surface area contributed by atoms with E-state index >= 15 is 0 Å². The number of aromatic nitrogens is 3. The molecule has 0 saturated carbocycles. The lowest BCUT2D eigenvalue weighted by Gasteiger charge is -2.37. The topological polar surface area (TPSA) is 64.2 Å². The summed E-state index contributed by atoms with van der Waals surface area (Å²) in [6.45, 7) is 10.6. The highest BCUT2D eigenvalue weighted by Crippen LogP contribution is 2.30. The Hall–Kier alpha value is -2.54. The fourth-order valence-corrected chi connectivity index (χ4v) is 3.99. The van der Waals surface area contributed by atoms with Crippen LogP contribution in [-0.2, 0) is 18.4 Å². The molecule has 2 aromatic heterocycles. The Kier molecular flexibility index (Phi) is 6.17. The summed E-state index contributed by atoms with van der Waals surface area (Å²) in [5, 5.41) is 9.02. The molecule has 0 aliphatic rings. The van der Waals surface area contributed by atoms with Gasteiger partial charge in [0.05, 0.1) is 17.1 Å². The third-order valence-electron chi connectivity index (χ3n) is 4.82. The SMILES string of the molecule is Cc1occc1-c1nnc(S[C@@H](C)C(=O)N(Cc2ccccc2)C(C)(C)C)n1C. The van der Waals surface area contributed by atoms with Crippen LogP contribution in [0, 0.1) is 6.92 Å². The normalized spacial score (nSPS) is 12.8. The molecule has 29 heavy (non-hydrogen) atoms. The number of amides is 1. The Morgan fingerprint density at radius 3 is 2.48 bits per heavy atom. The summed E-state index contributed by atoms with van der Waals surface area (Å²) >= 11 is 1.42. The van der Waals surface area contributed by atoms with Crippen molar-refractivity contribution >= 4 is 17.7 Å². The average Bonchev–Trinajstić information content (AvgIpc) is 3.24. The number of rotatable bonds is 6. The van der Waals surface area contributed by atoms with Crippen LogP contribution in [0.3, 0.4) is 0 Å². The lowest BCUT2D eigenvalue weighted by Crippen LogP contribution is -2.48. The van der Waals surface area contributed by atoms with Crippen molar-refractivity contribution in [1.29, 1.82) is 0 Å². The molecule has 0 spiro atoms. The maximum Gasteiger partial charge on any atom is 0.236 e. The molecule has 6 nitrogen and oxygen atoms in total. The van der Waals surface area contributed by atoms with Crippen molar-refractivity contribution in [3.05, 3.63) is 54.0 Å². The quantitative estimate of drug-likeness (QED) is 0.550. The van der Waals surface area contributed by atoms with E-state index in [1.54, 1.807) is 6.26 Å². The molecule has 0 aliphatic carbocycles. The standard InChI is InChI=1S/C22H28N4O2S/c1-15-18(12-13-28-15)19-23-24-21(25(19)6)29-16(2)20(27)26(22(3,4)5)14-17-10-8-7-9-11-17/h7-13,16H,14H2,1-6H3/t16-/m0/s1. The molecule has 1 amide bonds. The Morgan fingerprint density at radius 2 is 1.90 bits per heavy atom. The van der Waals surface area contributed by atoms with Crippen LogP contribution in [0.5, 0.6) is 0 Å². The molecule has 3 aromatic rings. The molecule has 2 heterocycles. The molecule has 1 aromatic carbocycles. The first-order chi connectivity index (χ1) is 13.7. The number of carbonyl (C=O) groups is 1. The molecular weight excluding hydrogens is 384 g/mol. The van der Waals surface area contributed by atoms with Crippen molar-refractivity contribution in [2.24, 2.45) is 7.05 Å². The average molecular weight is 413 g/mol. The summed E-state index contributed by atoms with van der Waals surface area (Å²) < 4.78 is 7.29. The smallest absolute Gasteiger partial charge is 0.236 e. The molecule has 154 valence electrons. The van der Waals surface area contributed by atoms with Gasteiger partial charge in [-0.25, -0.2) is 0 Å². The van der Waals surface area contributed by atoms with E-state index in [9.17, 15) is 4.79 Å². The van der Waals surface area contributed by atoms with Crippen LogP contribution >= 0.6 is 11.8 Å². The van der Waals surface area contributed by atoms with Crippen LogP contribution in [0.25, 0.3) is 11.4 Å². The molecule has 0 N–H and O–H groups in total. The van der Waals surface area contributed by atoms with Gasteiger partial charge in [-0.3, -0.25) is 4.79 Å². The predicted molar refractivity (Wildman–Crippen MR) is 116 cm³/mol. The number of benzene rings is 1. The molecular formula is C22H28N4O2S. The van der Waals surface area contributed by atoms with E-state index in [0.717, 1.165) is 22.7 Å². The second-order valence-electron chi connectivity index (χ2n) is 8.10. The molecule has 0 unspecified atom stereocenters. The van der Waals surface area contributed by atoms with Gasteiger partial charge >= 0.3 is 0 Å². The highest BCUT2D eigenvalue weighted by atomic mass is 32.2. The van der Waals surface area contributed by atoms with Gasteiger partial charge < -0.3 is 13.9 Å². The molecule has 7 heteroatoms. The Labute approximate surface area is 176 Å². The van der Waals surface area contributed by atoms with Crippen molar-refractivity contribution in [1.82, 2.24) is 19.7 Å². The molecule has 3 rings (SSSR count). The minimum absolute atomic E-state index is 0.0791. The van der Waals surface area contributed by atoms with Crippen molar-refractivity contribution in [2.75, 3.05) is 0 Å². The first-order valence-corrected chi connectivity index (χ1v) is 10.5. The van der Waals surface area contributed by atoms with Gasteiger partial charge in [-0.1, -0.05) is 42.1 Å². The summed E-state index contributed by atoms with van der Waals surface area (Å²) in [5.41, 5.74) is 1.73. The molecule has 0 aliphatic heterocycles. The zero-order valence-corrected chi connectivity index (χ0v) is 18.7. The van der Waals surface area contributed by atoms with Gasteiger partial charge in [0.15, 0.2) is 11.0 Å². The van der Waals surface area contributed by atoms with Crippen molar-refractivity contribution < 1.29 is 9.21 Å². The first-order valence-electron chi connectivity index (χ1n) is 9.64. The van der Waals surface area contributed by atoms with E-state index in [1.807, 2.05) is 66.8 Å². The second kappa shape index (κ2) is 8.45. The van der Waals surface area contributed by atoms with E-state index < -0.39 is 0 Å². The minimum Gasteiger partial charge on any atom is -0.469 e. The maximum absolute atomic E-state index is 13.3. The van der Waals surface area contributed by atoms with Gasteiger partial charge in [0.2, 0.25) is 5.91 Å². The van der Waals surface area contributed by atoms with E-state index in [1.165, 1.54) is 11.8 Å². The van der Waals surface area contributed by atoms with Crippen LogP contribution in [0.2, 0.25) is 0 Å². The van der Waals surface area contributed by atoms with E-state index in [0.29, 0.717) is 11.7 Å². The molecule has 0 fully saturated rings. The van der Waals surface area contributed by atoms with Gasteiger partial charge in [-0.15, -0.1) is 10.2 Å². The predicted octanol–water partition coefficient (Wildman–Crippen LogP) is 4.69. The van der Waals surface area contributed by atoms with Gasteiger partial charge in [-0.2, -0.15) is 0 Å². The highest BCUT2D eigenvalue weighted by Gasteiger charge is 2.31. The fraction of sp³-hybridized carbons (Fsp3) is 0.409. The Balaban J connectivity index is 1.78. The molecule has 0 radical (unpaired) electrons. The van der Waals surface area contributed by atoms with Crippen molar-refractivity contribution in [2.45, 2.75) is 57.1 Å². The van der Waals surface area contributed by atoms with E-state index in [-0.39, 0.29) is 16.7 Å². The van der Waals surface area contributed by atoms with Gasteiger partial charge in [-0.05, 0) is 46.2 Å². The third-order valence-corrected chi connectivity index (χ3v) is 5.95. The summed E-state index contributed by atoms with van der Waals surface area (Å²) in [5.74, 6) is 1.61.